The summed E-state index contributed by atoms with van der Waals surface area (Å²) in [4.78, 5) is 35.5. The standard InChI is InChI=1S/C19H25N3O5/c1-12(23)4-5-14(8-13-6-7-20-18(13)24)21-19(25)22-15-9-16(26-2)11-17(10-15)27-3/h4-5,9-11,13-14H,6-8H2,1-3H3,(H,20,24)(H2,21,22,25)/b5-4+/t13-,14+/m0/s1. The Morgan fingerprint density at radius 1 is 1.26 bits per heavy atom. The molecule has 3 amide bonds. The second-order valence-electron chi connectivity index (χ2n) is 6.29. The summed E-state index contributed by atoms with van der Waals surface area (Å²) in [7, 11) is 3.04. The summed E-state index contributed by atoms with van der Waals surface area (Å²) in [6, 6.07) is 4.11. The molecule has 1 aromatic carbocycles. The molecular formula is C19H25N3O5. The van der Waals surface area contributed by atoms with Crippen molar-refractivity contribution in [3.8, 4) is 11.5 Å². The van der Waals surface area contributed by atoms with Crippen molar-refractivity contribution in [2.24, 2.45) is 5.92 Å². The highest BCUT2D eigenvalue weighted by atomic mass is 16.5. The summed E-state index contributed by atoms with van der Waals surface area (Å²) >= 11 is 0. The number of anilines is 1. The highest BCUT2D eigenvalue weighted by Crippen LogP contribution is 2.25. The van der Waals surface area contributed by atoms with Crippen LogP contribution >= 0.6 is 0 Å². The number of methoxy groups -OCH3 is 2. The molecule has 8 heteroatoms. The third-order valence-corrected chi connectivity index (χ3v) is 4.19. The summed E-state index contributed by atoms with van der Waals surface area (Å²) in [6.07, 6.45) is 4.14. The molecule has 1 fully saturated rings. The maximum atomic E-state index is 12.4. The Labute approximate surface area is 158 Å². The summed E-state index contributed by atoms with van der Waals surface area (Å²) in [5, 5.41) is 8.28. The molecule has 0 saturated carbocycles. The van der Waals surface area contributed by atoms with E-state index in [1.54, 1.807) is 24.3 Å². The Morgan fingerprint density at radius 2 is 1.93 bits per heavy atom. The number of ether oxygens (including phenoxy) is 2. The number of rotatable bonds is 8. The van der Waals surface area contributed by atoms with Crippen LogP contribution in [0.1, 0.15) is 19.8 Å². The third-order valence-electron chi connectivity index (χ3n) is 4.19. The third kappa shape index (κ3) is 6.32. The van der Waals surface area contributed by atoms with E-state index in [0.717, 1.165) is 0 Å². The van der Waals surface area contributed by atoms with Gasteiger partial charge in [0.2, 0.25) is 5.91 Å². The van der Waals surface area contributed by atoms with Crippen LogP contribution in [0.25, 0.3) is 0 Å². The van der Waals surface area contributed by atoms with Crippen LogP contribution in [-0.2, 0) is 9.59 Å². The van der Waals surface area contributed by atoms with E-state index >= 15 is 0 Å². The van der Waals surface area contributed by atoms with Crippen LogP contribution in [-0.4, -0.2) is 44.5 Å². The smallest absolute Gasteiger partial charge is 0.319 e. The highest BCUT2D eigenvalue weighted by molar-refractivity contribution is 5.91. The molecule has 1 aromatic rings. The van der Waals surface area contributed by atoms with Crippen molar-refractivity contribution in [1.29, 1.82) is 0 Å². The quantitative estimate of drug-likeness (QED) is 0.602. The molecule has 146 valence electrons. The minimum Gasteiger partial charge on any atom is -0.497 e. The van der Waals surface area contributed by atoms with Gasteiger partial charge in [-0.15, -0.1) is 0 Å². The van der Waals surface area contributed by atoms with Gasteiger partial charge >= 0.3 is 6.03 Å². The van der Waals surface area contributed by atoms with Crippen molar-refractivity contribution in [1.82, 2.24) is 10.6 Å². The first kappa shape index (κ1) is 20.3. The van der Waals surface area contributed by atoms with Crippen LogP contribution in [0, 0.1) is 5.92 Å². The molecule has 0 aromatic heterocycles. The van der Waals surface area contributed by atoms with E-state index in [-0.39, 0.29) is 17.6 Å². The molecule has 8 nitrogen and oxygen atoms in total. The van der Waals surface area contributed by atoms with Gasteiger partial charge < -0.3 is 25.4 Å². The number of carbonyl (C=O) groups excluding carboxylic acids is 3. The van der Waals surface area contributed by atoms with Crippen LogP contribution in [0.3, 0.4) is 0 Å². The molecule has 1 aliphatic heterocycles. The number of ketones is 1. The molecule has 0 aliphatic carbocycles. The molecule has 2 atom stereocenters. The van der Waals surface area contributed by atoms with E-state index in [4.69, 9.17) is 9.47 Å². The van der Waals surface area contributed by atoms with Crippen LogP contribution in [0.2, 0.25) is 0 Å². The fourth-order valence-electron chi connectivity index (χ4n) is 2.83. The lowest BCUT2D eigenvalue weighted by molar-refractivity contribution is -0.122. The molecule has 0 unspecified atom stereocenters. The second kappa shape index (κ2) is 9.61. The van der Waals surface area contributed by atoms with Gasteiger partial charge in [-0.1, -0.05) is 6.08 Å². The number of urea groups is 1. The lowest BCUT2D eigenvalue weighted by Crippen LogP contribution is -2.39. The molecule has 0 radical (unpaired) electrons. The van der Waals surface area contributed by atoms with Gasteiger partial charge in [-0.05, 0) is 25.8 Å². The highest BCUT2D eigenvalue weighted by Gasteiger charge is 2.27. The summed E-state index contributed by atoms with van der Waals surface area (Å²) < 4.78 is 10.4. The molecule has 0 spiro atoms. The number of allylic oxidation sites excluding steroid dienone is 1. The SMILES string of the molecule is COc1cc(NC(=O)N[C@H](/C=C/C(C)=O)C[C@@H]2CCNC2=O)cc(OC)c1. The maximum absolute atomic E-state index is 12.4. The van der Waals surface area contributed by atoms with Gasteiger partial charge in [-0.2, -0.15) is 0 Å². The Kier molecular flexibility index (Phi) is 7.22. The van der Waals surface area contributed by atoms with Gasteiger partial charge in [0.1, 0.15) is 11.5 Å². The second-order valence-corrected chi connectivity index (χ2v) is 6.29. The van der Waals surface area contributed by atoms with E-state index < -0.39 is 12.1 Å². The predicted octanol–water partition coefficient (Wildman–Crippen LogP) is 1.87. The average molecular weight is 375 g/mol. The summed E-state index contributed by atoms with van der Waals surface area (Å²) in [5.41, 5.74) is 0.497. The Balaban J connectivity index is 2.05. The summed E-state index contributed by atoms with van der Waals surface area (Å²) in [6.45, 7) is 2.06. The summed E-state index contributed by atoms with van der Waals surface area (Å²) in [5.74, 6) is 0.732. The van der Waals surface area contributed by atoms with E-state index in [2.05, 4.69) is 16.0 Å². The van der Waals surface area contributed by atoms with Gasteiger partial charge in [0, 0.05) is 36.3 Å². The van der Waals surface area contributed by atoms with Crippen molar-refractivity contribution in [2.45, 2.75) is 25.8 Å². The predicted molar refractivity (Wildman–Crippen MR) is 101 cm³/mol. The fourth-order valence-corrected chi connectivity index (χ4v) is 2.83. The van der Waals surface area contributed by atoms with Crippen LogP contribution < -0.4 is 25.4 Å². The molecule has 1 aliphatic rings. The Bertz CT molecular complexity index is 710. The minimum atomic E-state index is -0.457. The Hall–Kier alpha value is -3.03. The molecular weight excluding hydrogens is 350 g/mol. The molecule has 27 heavy (non-hydrogen) atoms. The van der Waals surface area contributed by atoms with Crippen molar-refractivity contribution < 1.29 is 23.9 Å². The topological polar surface area (TPSA) is 106 Å². The number of nitrogens with one attached hydrogen (secondary N) is 3. The van der Waals surface area contributed by atoms with Gasteiger partial charge in [-0.3, -0.25) is 9.59 Å². The average Bonchev–Trinajstić information content (AvgIpc) is 3.03. The van der Waals surface area contributed by atoms with E-state index in [9.17, 15) is 14.4 Å². The van der Waals surface area contributed by atoms with Gasteiger partial charge in [0.05, 0.1) is 20.3 Å². The number of carbonyl (C=O) groups is 3. The first-order chi connectivity index (χ1) is 12.9. The van der Waals surface area contributed by atoms with Crippen molar-refractivity contribution in [2.75, 3.05) is 26.1 Å². The number of hydrogen-bond donors (Lipinski definition) is 3. The number of amides is 3. The van der Waals surface area contributed by atoms with Gasteiger partial charge in [0.25, 0.3) is 0 Å². The number of hydrogen-bond acceptors (Lipinski definition) is 5. The van der Waals surface area contributed by atoms with Crippen molar-refractivity contribution >= 4 is 23.4 Å². The minimum absolute atomic E-state index is 0.0315. The Morgan fingerprint density at radius 3 is 2.44 bits per heavy atom. The van der Waals surface area contributed by atoms with Gasteiger partial charge in [0.15, 0.2) is 5.78 Å². The monoisotopic (exact) mass is 375 g/mol. The van der Waals surface area contributed by atoms with E-state index in [1.807, 2.05) is 0 Å². The van der Waals surface area contributed by atoms with Gasteiger partial charge in [-0.25, -0.2) is 4.79 Å². The first-order valence-electron chi connectivity index (χ1n) is 8.68. The molecule has 2 rings (SSSR count). The lowest BCUT2D eigenvalue weighted by Gasteiger charge is -2.18. The van der Waals surface area contributed by atoms with E-state index in [0.29, 0.717) is 36.6 Å². The number of benzene rings is 1. The fraction of sp³-hybridized carbons (Fsp3) is 0.421. The normalized spacial score (nSPS) is 17.3. The van der Waals surface area contributed by atoms with Crippen LogP contribution in [0.5, 0.6) is 11.5 Å². The zero-order valence-electron chi connectivity index (χ0n) is 15.7. The maximum Gasteiger partial charge on any atom is 0.319 e. The lowest BCUT2D eigenvalue weighted by atomic mass is 9.98. The van der Waals surface area contributed by atoms with Crippen molar-refractivity contribution in [3.05, 3.63) is 30.4 Å². The zero-order valence-corrected chi connectivity index (χ0v) is 15.7. The zero-order chi connectivity index (χ0) is 19.8. The molecule has 1 heterocycles. The largest absolute Gasteiger partial charge is 0.497 e. The molecule has 3 N–H and O–H groups in total. The van der Waals surface area contributed by atoms with Crippen LogP contribution in [0.15, 0.2) is 30.4 Å². The first-order valence-corrected chi connectivity index (χ1v) is 8.68. The van der Waals surface area contributed by atoms with Crippen LogP contribution in [0.4, 0.5) is 10.5 Å². The van der Waals surface area contributed by atoms with E-state index in [1.165, 1.54) is 27.2 Å². The molecule has 0 bridgehead atoms. The molecule has 1 saturated heterocycles. The van der Waals surface area contributed by atoms with Crippen molar-refractivity contribution in [3.63, 3.8) is 0 Å².